The molecule has 0 spiro atoms. The lowest BCUT2D eigenvalue weighted by atomic mass is 9.95. The largest absolute Gasteiger partial charge is 0.336 e. The van der Waals surface area contributed by atoms with E-state index in [9.17, 15) is 9.59 Å². The fraction of sp³-hybridized carbons (Fsp3) is 0.632. The van der Waals surface area contributed by atoms with Gasteiger partial charge in [0.25, 0.3) is 0 Å². The first-order chi connectivity index (χ1) is 12.2. The maximum Gasteiger partial charge on any atom is 0.318 e. The van der Waals surface area contributed by atoms with Crippen molar-refractivity contribution in [3.8, 4) is 0 Å². The van der Waals surface area contributed by atoms with Crippen LogP contribution in [0.5, 0.6) is 0 Å². The molecule has 3 aliphatic rings. The third-order valence-corrected chi connectivity index (χ3v) is 5.69. The number of hydrogen-bond donors (Lipinski definition) is 1. The molecule has 25 heavy (non-hydrogen) atoms. The SMILES string of the molecule is O=C(NC(c1ccccn1)C1CCCC1)N1CCN(C2CC2)C(=O)C1. The van der Waals surface area contributed by atoms with Gasteiger partial charge < -0.3 is 15.1 Å². The van der Waals surface area contributed by atoms with Gasteiger partial charge in [0.1, 0.15) is 6.54 Å². The van der Waals surface area contributed by atoms with Crippen molar-refractivity contribution in [2.45, 2.75) is 50.6 Å². The maximum absolute atomic E-state index is 12.8. The molecule has 1 saturated heterocycles. The Balaban J connectivity index is 1.42. The first kappa shape index (κ1) is 16.4. The van der Waals surface area contributed by atoms with E-state index in [1.165, 1.54) is 12.8 Å². The minimum atomic E-state index is -0.133. The summed E-state index contributed by atoms with van der Waals surface area (Å²) in [7, 11) is 0. The molecule has 1 aromatic rings. The fourth-order valence-electron chi connectivity index (χ4n) is 4.14. The molecule has 1 aromatic heterocycles. The van der Waals surface area contributed by atoms with E-state index in [1.807, 2.05) is 23.1 Å². The summed E-state index contributed by atoms with van der Waals surface area (Å²) in [4.78, 5) is 33.2. The standard InChI is InChI=1S/C19H26N4O2/c24-17-13-22(11-12-23(17)15-8-9-15)19(25)21-18(14-5-1-2-6-14)16-7-3-4-10-20-16/h3-4,7,10,14-15,18H,1-2,5-6,8-9,11-13H2,(H,21,25). The predicted octanol–water partition coefficient (Wildman–Crippen LogP) is 2.33. The second-order valence-corrected chi connectivity index (χ2v) is 7.47. The van der Waals surface area contributed by atoms with Gasteiger partial charge in [-0.3, -0.25) is 9.78 Å². The van der Waals surface area contributed by atoms with E-state index >= 15 is 0 Å². The highest BCUT2D eigenvalue weighted by Crippen LogP contribution is 2.35. The molecular formula is C19H26N4O2. The highest BCUT2D eigenvalue weighted by atomic mass is 16.2. The zero-order valence-electron chi connectivity index (χ0n) is 14.6. The van der Waals surface area contributed by atoms with Gasteiger partial charge in [0.2, 0.25) is 5.91 Å². The number of amides is 3. The van der Waals surface area contributed by atoms with Crippen molar-refractivity contribution in [2.75, 3.05) is 19.6 Å². The van der Waals surface area contributed by atoms with Gasteiger partial charge in [-0.05, 0) is 43.7 Å². The summed E-state index contributed by atoms with van der Waals surface area (Å²) >= 11 is 0. The van der Waals surface area contributed by atoms with Crippen molar-refractivity contribution in [2.24, 2.45) is 5.92 Å². The van der Waals surface area contributed by atoms with Gasteiger partial charge in [-0.15, -0.1) is 0 Å². The lowest BCUT2D eigenvalue weighted by Gasteiger charge is -2.36. The molecule has 2 saturated carbocycles. The van der Waals surface area contributed by atoms with Crippen LogP contribution in [0.3, 0.4) is 0 Å². The van der Waals surface area contributed by atoms with Crippen molar-refractivity contribution in [1.82, 2.24) is 20.1 Å². The Kier molecular flexibility index (Phi) is 4.59. The number of carbonyl (C=O) groups is 2. The second-order valence-electron chi connectivity index (χ2n) is 7.47. The van der Waals surface area contributed by atoms with Gasteiger partial charge >= 0.3 is 6.03 Å². The van der Waals surface area contributed by atoms with Crippen LogP contribution in [0.15, 0.2) is 24.4 Å². The van der Waals surface area contributed by atoms with Crippen LogP contribution < -0.4 is 5.32 Å². The van der Waals surface area contributed by atoms with Crippen LogP contribution in [-0.2, 0) is 4.79 Å². The van der Waals surface area contributed by atoms with Crippen LogP contribution in [0.4, 0.5) is 4.79 Å². The molecule has 6 heteroatoms. The molecule has 0 bridgehead atoms. The quantitative estimate of drug-likeness (QED) is 0.913. The Hall–Kier alpha value is -2.11. The van der Waals surface area contributed by atoms with Gasteiger partial charge in [0.15, 0.2) is 0 Å². The van der Waals surface area contributed by atoms with Gasteiger partial charge in [0.05, 0.1) is 11.7 Å². The minimum Gasteiger partial charge on any atom is -0.336 e. The Bertz CT molecular complexity index is 626. The first-order valence-corrected chi connectivity index (χ1v) is 9.48. The molecule has 2 heterocycles. The number of aromatic nitrogens is 1. The first-order valence-electron chi connectivity index (χ1n) is 9.48. The van der Waals surface area contributed by atoms with E-state index in [2.05, 4.69) is 10.3 Å². The number of piperazine rings is 1. The monoisotopic (exact) mass is 342 g/mol. The molecule has 1 aliphatic heterocycles. The number of nitrogens with zero attached hydrogens (tertiary/aromatic N) is 3. The Morgan fingerprint density at radius 2 is 1.96 bits per heavy atom. The van der Waals surface area contributed by atoms with Gasteiger partial charge in [-0.2, -0.15) is 0 Å². The molecule has 2 aliphatic carbocycles. The van der Waals surface area contributed by atoms with Gasteiger partial charge in [0, 0.05) is 25.3 Å². The average molecular weight is 342 g/mol. The highest BCUT2D eigenvalue weighted by Gasteiger charge is 2.37. The fourth-order valence-corrected chi connectivity index (χ4v) is 4.14. The predicted molar refractivity (Wildman–Crippen MR) is 93.8 cm³/mol. The summed E-state index contributed by atoms with van der Waals surface area (Å²) in [6.07, 6.45) is 8.67. The summed E-state index contributed by atoms with van der Waals surface area (Å²) in [5.41, 5.74) is 0.922. The molecule has 3 amide bonds. The van der Waals surface area contributed by atoms with Gasteiger partial charge in [-0.1, -0.05) is 18.9 Å². The lowest BCUT2D eigenvalue weighted by molar-refractivity contribution is -0.135. The van der Waals surface area contributed by atoms with E-state index in [0.29, 0.717) is 25.0 Å². The van der Waals surface area contributed by atoms with Crippen LogP contribution in [0, 0.1) is 5.92 Å². The van der Waals surface area contributed by atoms with Crippen molar-refractivity contribution < 1.29 is 9.59 Å². The molecule has 1 N–H and O–H groups in total. The second kappa shape index (κ2) is 7.02. The average Bonchev–Trinajstić information content (AvgIpc) is 3.34. The zero-order valence-corrected chi connectivity index (χ0v) is 14.6. The summed E-state index contributed by atoms with van der Waals surface area (Å²) in [5, 5.41) is 3.18. The molecule has 4 rings (SSSR count). The molecule has 1 atom stereocenters. The topological polar surface area (TPSA) is 65.5 Å². The normalized spacial score (nSPS) is 23.0. The van der Waals surface area contributed by atoms with Crippen molar-refractivity contribution >= 4 is 11.9 Å². The van der Waals surface area contributed by atoms with E-state index in [4.69, 9.17) is 0 Å². The van der Waals surface area contributed by atoms with E-state index in [-0.39, 0.29) is 24.5 Å². The molecule has 0 aromatic carbocycles. The summed E-state index contributed by atoms with van der Waals surface area (Å²) < 4.78 is 0. The van der Waals surface area contributed by atoms with Crippen molar-refractivity contribution in [1.29, 1.82) is 0 Å². The Morgan fingerprint density at radius 1 is 1.16 bits per heavy atom. The van der Waals surface area contributed by atoms with Crippen LogP contribution >= 0.6 is 0 Å². The smallest absolute Gasteiger partial charge is 0.318 e. The number of nitrogens with one attached hydrogen (secondary N) is 1. The molecule has 3 fully saturated rings. The molecule has 134 valence electrons. The number of pyridine rings is 1. The van der Waals surface area contributed by atoms with Crippen LogP contribution in [0.2, 0.25) is 0 Å². The van der Waals surface area contributed by atoms with Crippen molar-refractivity contribution in [3.63, 3.8) is 0 Å². The van der Waals surface area contributed by atoms with Crippen LogP contribution in [0.1, 0.15) is 50.3 Å². The number of urea groups is 1. The third kappa shape index (κ3) is 3.62. The van der Waals surface area contributed by atoms with Crippen molar-refractivity contribution in [3.05, 3.63) is 30.1 Å². The molecular weight excluding hydrogens is 316 g/mol. The summed E-state index contributed by atoms with van der Waals surface area (Å²) in [6.45, 7) is 1.48. The summed E-state index contributed by atoms with van der Waals surface area (Å²) in [5.74, 6) is 0.515. The van der Waals surface area contributed by atoms with Crippen LogP contribution in [0.25, 0.3) is 0 Å². The van der Waals surface area contributed by atoms with E-state index in [0.717, 1.165) is 31.4 Å². The molecule has 1 unspecified atom stereocenters. The molecule has 6 nitrogen and oxygen atoms in total. The number of rotatable bonds is 4. The Morgan fingerprint density at radius 3 is 2.60 bits per heavy atom. The number of carbonyl (C=O) groups excluding carboxylic acids is 2. The minimum absolute atomic E-state index is 0.0623. The summed E-state index contributed by atoms with van der Waals surface area (Å²) in [6, 6.07) is 6.08. The third-order valence-electron chi connectivity index (χ3n) is 5.69. The lowest BCUT2D eigenvalue weighted by Crippen LogP contribution is -2.55. The van der Waals surface area contributed by atoms with E-state index in [1.54, 1.807) is 11.1 Å². The molecule has 0 radical (unpaired) electrons. The van der Waals surface area contributed by atoms with E-state index < -0.39 is 0 Å². The number of hydrogen-bond acceptors (Lipinski definition) is 3. The van der Waals surface area contributed by atoms with Crippen LogP contribution in [-0.4, -0.2) is 52.4 Å². The Labute approximate surface area is 148 Å². The van der Waals surface area contributed by atoms with Gasteiger partial charge in [-0.25, -0.2) is 4.79 Å². The highest BCUT2D eigenvalue weighted by molar-refractivity contribution is 5.85. The maximum atomic E-state index is 12.8. The zero-order chi connectivity index (χ0) is 17.2.